The van der Waals surface area contributed by atoms with Crippen LogP contribution in [0.25, 0.3) is 110 Å². The third-order valence-electron chi connectivity index (χ3n) is 17.1. The van der Waals surface area contributed by atoms with E-state index < -0.39 is 0 Å². The molecule has 0 radical (unpaired) electrons. The molecule has 0 spiro atoms. The monoisotopic (exact) mass is 1040 g/mol. The quantitative estimate of drug-likeness (QED) is 0.118. The van der Waals surface area contributed by atoms with Gasteiger partial charge in [0.2, 0.25) is 5.89 Å². The van der Waals surface area contributed by atoms with Crippen LogP contribution in [-0.4, -0.2) is 11.7 Å². The first-order chi connectivity index (χ1) is 40.6. The van der Waals surface area contributed by atoms with Crippen molar-refractivity contribution in [2.45, 2.75) is 0 Å². The Morgan fingerprint density at radius 3 is 1.11 bits per heavy atom. The molecule has 1 aromatic heterocycles. The number of rotatable bonds is 7. The topological polar surface area (TPSA) is 32.5 Å². The first-order valence-electron chi connectivity index (χ1n) is 28.2. The van der Waals surface area contributed by atoms with Crippen molar-refractivity contribution in [2.75, 3.05) is 9.80 Å². The molecule has 0 unspecified atom stereocenters. The fraction of sp³-hybridized carbons (Fsp3) is 0. The molecule has 0 aliphatic carbocycles. The van der Waals surface area contributed by atoms with Crippen molar-refractivity contribution in [2.24, 2.45) is 0 Å². The van der Waals surface area contributed by atoms with Crippen molar-refractivity contribution in [1.82, 2.24) is 4.98 Å². The minimum Gasteiger partial charge on any atom is -0.436 e. The van der Waals surface area contributed by atoms with Gasteiger partial charge in [-0.25, -0.2) is 4.98 Å². The summed E-state index contributed by atoms with van der Waals surface area (Å²) in [7, 11) is 0. The minimum absolute atomic E-state index is 0.191. The molecule has 3 heterocycles. The van der Waals surface area contributed by atoms with Crippen molar-refractivity contribution in [3.63, 3.8) is 0 Å². The summed E-state index contributed by atoms with van der Waals surface area (Å²) in [6.45, 7) is -0.191. The summed E-state index contributed by atoms with van der Waals surface area (Å²) < 4.78 is 6.88. The van der Waals surface area contributed by atoms with Gasteiger partial charge in [-0.15, -0.1) is 0 Å². The lowest BCUT2D eigenvalue weighted by molar-refractivity contribution is 0.620. The van der Waals surface area contributed by atoms with Gasteiger partial charge in [0.1, 0.15) is 5.52 Å². The van der Waals surface area contributed by atoms with Gasteiger partial charge in [0.05, 0.1) is 0 Å². The molecule has 82 heavy (non-hydrogen) atoms. The van der Waals surface area contributed by atoms with Gasteiger partial charge >= 0.3 is 0 Å². The molecule has 2 aliphatic heterocycles. The van der Waals surface area contributed by atoms with E-state index in [4.69, 9.17) is 9.40 Å². The van der Waals surface area contributed by atoms with Crippen molar-refractivity contribution in [3.05, 3.63) is 291 Å². The second-order valence-corrected chi connectivity index (χ2v) is 21.9. The molecular weight excluding hydrogens is 994 g/mol. The molecule has 0 bridgehead atoms. The van der Waals surface area contributed by atoms with E-state index in [2.05, 4.69) is 277 Å². The molecule has 0 N–H and O–H groups in total. The maximum atomic E-state index is 6.88. The fourth-order valence-electron chi connectivity index (χ4n) is 13.3. The van der Waals surface area contributed by atoms with Gasteiger partial charge in [0.25, 0.3) is 6.71 Å². The van der Waals surface area contributed by atoms with Gasteiger partial charge in [-0.1, -0.05) is 218 Å². The van der Waals surface area contributed by atoms with Crippen LogP contribution in [0.2, 0.25) is 0 Å². The number of oxazole rings is 1. The number of para-hydroxylation sites is 2. The van der Waals surface area contributed by atoms with Crippen LogP contribution < -0.4 is 26.2 Å². The van der Waals surface area contributed by atoms with E-state index in [9.17, 15) is 0 Å². The molecular formula is C77H48BN3O. The largest absolute Gasteiger partial charge is 0.436 e. The van der Waals surface area contributed by atoms with Crippen LogP contribution in [0.1, 0.15) is 0 Å². The Hall–Kier alpha value is -10.7. The lowest BCUT2D eigenvalue weighted by Crippen LogP contribution is -2.61. The number of aromatic nitrogens is 1. The molecule has 4 nitrogen and oxygen atoms in total. The first kappa shape index (κ1) is 46.2. The second kappa shape index (κ2) is 18.4. The van der Waals surface area contributed by atoms with Crippen LogP contribution in [0, 0.1) is 0 Å². The molecule has 15 aromatic rings. The Morgan fingerprint density at radius 2 is 0.671 bits per heavy atom. The molecule has 0 saturated carbocycles. The Balaban J connectivity index is 1.04. The highest BCUT2D eigenvalue weighted by Gasteiger charge is 2.45. The molecule has 14 aromatic carbocycles. The third-order valence-corrected chi connectivity index (χ3v) is 17.1. The number of hydrogen-bond donors (Lipinski definition) is 0. The highest BCUT2D eigenvalue weighted by atomic mass is 16.3. The van der Waals surface area contributed by atoms with Crippen molar-refractivity contribution in [3.8, 4) is 56.0 Å². The van der Waals surface area contributed by atoms with Crippen LogP contribution in [0.3, 0.4) is 0 Å². The Morgan fingerprint density at radius 1 is 0.280 bits per heavy atom. The number of anilines is 6. The van der Waals surface area contributed by atoms with E-state index in [-0.39, 0.29) is 6.71 Å². The van der Waals surface area contributed by atoms with E-state index in [0.717, 1.165) is 95.3 Å². The molecule has 2 aliphatic rings. The zero-order chi connectivity index (χ0) is 53.8. The van der Waals surface area contributed by atoms with Gasteiger partial charge in [-0.05, 0) is 177 Å². The lowest BCUT2D eigenvalue weighted by Gasteiger charge is -2.45. The number of hydrogen-bond acceptors (Lipinski definition) is 4. The maximum absolute atomic E-state index is 6.88. The normalized spacial score (nSPS) is 12.6. The highest BCUT2D eigenvalue weighted by molar-refractivity contribution is 7.00. The highest BCUT2D eigenvalue weighted by Crippen LogP contribution is 2.50. The van der Waals surface area contributed by atoms with Crippen LogP contribution in [0.15, 0.2) is 296 Å². The molecule has 380 valence electrons. The fourth-order valence-corrected chi connectivity index (χ4v) is 13.3. The number of fused-ring (bicyclic) bond motifs is 11. The van der Waals surface area contributed by atoms with Crippen LogP contribution in [0.5, 0.6) is 0 Å². The summed E-state index contributed by atoms with van der Waals surface area (Å²) in [6, 6.07) is 107. The van der Waals surface area contributed by atoms with Crippen molar-refractivity contribution in [1.29, 1.82) is 0 Å². The molecule has 0 fully saturated rings. The minimum atomic E-state index is -0.191. The summed E-state index contributed by atoms with van der Waals surface area (Å²) in [5, 5.41) is 9.67. The molecule has 0 saturated heterocycles. The smallest absolute Gasteiger partial charge is 0.252 e. The Kier molecular flexibility index (Phi) is 10.4. The molecule has 17 rings (SSSR count). The summed E-state index contributed by atoms with van der Waals surface area (Å²) in [5.41, 5.74) is 21.7. The zero-order valence-corrected chi connectivity index (χ0v) is 44.5. The molecule has 0 amide bonds. The van der Waals surface area contributed by atoms with Gasteiger partial charge in [0, 0.05) is 39.7 Å². The Labute approximate surface area is 475 Å². The molecule has 5 heteroatoms. The SMILES string of the molecule is c1ccc(-c2cc(-c3ccccc3)cc(N3c4cc5c(ccc6ccccc65)cc4B4c5cc6ccc7ccccc7c6cc5N(c5cc(-c6ccccc6)cc(-c6ccccc6)c5)c5cc(-c6nc7ccccc7o6)cc3c54)c2)cc1. The summed E-state index contributed by atoms with van der Waals surface area (Å²) >= 11 is 0. The van der Waals surface area contributed by atoms with E-state index in [1.807, 2.05) is 24.3 Å². The predicted octanol–water partition coefficient (Wildman–Crippen LogP) is 18.9. The van der Waals surface area contributed by atoms with Gasteiger partial charge in [-0.3, -0.25) is 0 Å². The van der Waals surface area contributed by atoms with Crippen LogP contribution in [-0.2, 0) is 0 Å². The van der Waals surface area contributed by atoms with Crippen molar-refractivity contribution >= 4 is 111 Å². The maximum Gasteiger partial charge on any atom is 0.252 e. The number of nitrogens with zero attached hydrogens (tertiary/aromatic N) is 3. The van der Waals surface area contributed by atoms with Gasteiger partial charge in [-0.2, -0.15) is 0 Å². The summed E-state index contributed by atoms with van der Waals surface area (Å²) in [6.07, 6.45) is 0. The Bertz CT molecular complexity index is 4630. The zero-order valence-electron chi connectivity index (χ0n) is 44.5. The van der Waals surface area contributed by atoms with E-state index in [0.29, 0.717) is 5.89 Å². The van der Waals surface area contributed by atoms with Gasteiger partial charge in [0.15, 0.2) is 5.58 Å². The van der Waals surface area contributed by atoms with Gasteiger partial charge < -0.3 is 14.2 Å². The van der Waals surface area contributed by atoms with Crippen molar-refractivity contribution < 1.29 is 4.42 Å². The van der Waals surface area contributed by atoms with Crippen LogP contribution >= 0.6 is 0 Å². The van der Waals surface area contributed by atoms with E-state index >= 15 is 0 Å². The standard InChI is InChI=1S/C77H48BN3O/c1-5-19-49(20-6-1)57-37-58(50-21-7-2-8-22-50)40-62(39-57)80-71-47-66-55(35-33-53-27-13-15-29-64(53)66)43-68(71)78-69-44-56-36-34-54-28-14-16-30-65(54)67(56)48-72(69)81(74-46-61(45-73(80)76(74)78)77-79-70-31-17-18-32-75(70)82-77)63-41-59(51-23-9-3-10-24-51)38-60(42-63)52-25-11-4-12-26-52/h1-48H. The molecule has 0 atom stereocenters. The first-order valence-corrected chi connectivity index (χ1v) is 28.2. The summed E-state index contributed by atoms with van der Waals surface area (Å²) in [4.78, 5) is 10.4. The second-order valence-electron chi connectivity index (χ2n) is 21.9. The van der Waals surface area contributed by atoms with Crippen LogP contribution in [0.4, 0.5) is 34.1 Å². The number of benzene rings is 14. The predicted molar refractivity (Wildman–Crippen MR) is 345 cm³/mol. The summed E-state index contributed by atoms with van der Waals surface area (Å²) in [5.74, 6) is 0.563. The average Bonchev–Trinajstić information content (AvgIpc) is 1.57. The third kappa shape index (κ3) is 7.44. The van der Waals surface area contributed by atoms with E-state index in [1.54, 1.807) is 0 Å². The average molecular weight is 1040 g/mol. The lowest BCUT2D eigenvalue weighted by atomic mass is 9.33. The van der Waals surface area contributed by atoms with E-state index in [1.165, 1.54) is 59.5 Å².